The van der Waals surface area contributed by atoms with Crippen LogP contribution in [-0.4, -0.2) is 59.2 Å². The Morgan fingerprint density at radius 3 is 2.91 bits per heavy atom. The van der Waals surface area contributed by atoms with Gasteiger partial charge in [0.1, 0.15) is 12.9 Å². The molecule has 12 heteroatoms. The highest BCUT2D eigenvalue weighted by molar-refractivity contribution is 5.97. The maximum absolute atomic E-state index is 13.0. The minimum Gasteiger partial charge on any atom is -0.396 e. The van der Waals surface area contributed by atoms with Gasteiger partial charge in [0, 0.05) is 30.9 Å². The van der Waals surface area contributed by atoms with Gasteiger partial charge < -0.3 is 30.1 Å². The highest BCUT2D eigenvalue weighted by Crippen LogP contribution is 2.22. The standard InChI is InChI=1S/C22H26N8O4/c23-25-14-30(24)17-4-1-3-15(11-17)21(33)27-22-26-18-12-16(28-8-10-34-13-20(28)32)5-6-19(18)29(22)7-2-9-31/h1,3-6,11-12,14,31H,2,7-10,13,23-24H2,(H,26,27,33)/b25-14-. The van der Waals surface area contributed by atoms with E-state index in [4.69, 9.17) is 16.4 Å². The lowest BCUT2D eigenvalue weighted by Crippen LogP contribution is -2.41. The molecule has 0 radical (unpaired) electrons. The predicted octanol–water partition coefficient (Wildman–Crippen LogP) is 0.0382. The number of aliphatic hydroxyl groups is 1. The average Bonchev–Trinajstić information content (AvgIpc) is 3.19. The highest BCUT2D eigenvalue weighted by atomic mass is 16.5. The van der Waals surface area contributed by atoms with Crippen LogP contribution in [0.2, 0.25) is 0 Å². The number of morpholine rings is 1. The number of aromatic nitrogens is 2. The van der Waals surface area contributed by atoms with E-state index in [0.29, 0.717) is 48.5 Å². The SMILES string of the molecule is N/N=C\N(N)c1cccc(C(=O)/N=c2\[nH]c3cc(N4CCOCC4=O)ccc3n2CCCO)c1. The van der Waals surface area contributed by atoms with Crippen LogP contribution in [-0.2, 0) is 16.1 Å². The van der Waals surface area contributed by atoms with E-state index in [2.05, 4.69) is 15.1 Å². The number of nitrogens with one attached hydrogen (secondary N) is 1. The number of aliphatic hydroxyl groups excluding tert-OH is 1. The number of hydrogen-bond acceptors (Lipinski definition) is 7. The third kappa shape index (κ3) is 4.83. The molecule has 2 amide bonds. The Hall–Kier alpha value is -4.00. The van der Waals surface area contributed by atoms with Crippen molar-refractivity contribution in [3.05, 3.63) is 53.6 Å². The Morgan fingerprint density at radius 2 is 2.15 bits per heavy atom. The van der Waals surface area contributed by atoms with Gasteiger partial charge in [-0.25, -0.2) is 5.84 Å². The molecule has 0 bridgehead atoms. The van der Waals surface area contributed by atoms with Gasteiger partial charge in [-0.1, -0.05) is 6.07 Å². The van der Waals surface area contributed by atoms with E-state index in [9.17, 15) is 14.7 Å². The number of hydrazone groups is 1. The van der Waals surface area contributed by atoms with Crippen molar-refractivity contribution in [2.75, 3.05) is 36.3 Å². The lowest BCUT2D eigenvalue weighted by atomic mass is 10.2. The summed E-state index contributed by atoms with van der Waals surface area (Å²) in [5.41, 5.74) is 3.40. The van der Waals surface area contributed by atoms with Gasteiger partial charge in [0.2, 0.25) is 5.62 Å². The van der Waals surface area contributed by atoms with Crippen molar-refractivity contribution in [3.8, 4) is 0 Å². The molecule has 2 heterocycles. The number of anilines is 2. The molecular weight excluding hydrogens is 440 g/mol. The van der Waals surface area contributed by atoms with E-state index in [0.717, 1.165) is 11.2 Å². The number of amides is 2. The molecule has 3 aromatic rings. The fourth-order valence-corrected chi connectivity index (χ4v) is 3.76. The van der Waals surface area contributed by atoms with E-state index in [1.54, 1.807) is 29.2 Å². The first-order chi connectivity index (χ1) is 16.5. The number of hydrogen-bond donors (Lipinski definition) is 4. The summed E-state index contributed by atoms with van der Waals surface area (Å²) < 4.78 is 7.04. The summed E-state index contributed by atoms with van der Waals surface area (Å²) in [5, 5.41) is 13.9. The highest BCUT2D eigenvalue weighted by Gasteiger charge is 2.21. The number of carbonyl (C=O) groups is 2. The monoisotopic (exact) mass is 466 g/mol. The molecule has 1 aliphatic heterocycles. The van der Waals surface area contributed by atoms with Crippen molar-refractivity contribution in [2.24, 2.45) is 21.8 Å². The first-order valence-corrected chi connectivity index (χ1v) is 10.7. The molecule has 1 aliphatic rings. The van der Waals surface area contributed by atoms with Gasteiger partial charge in [0.05, 0.1) is 23.3 Å². The molecule has 0 aliphatic carbocycles. The summed E-state index contributed by atoms with van der Waals surface area (Å²) in [7, 11) is 0. The van der Waals surface area contributed by atoms with Crippen LogP contribution in [0.5, 0.6) is 0 Å². The molecule has 0 unspecified atom stereocenters. The summed E-state index contributed by atoms with van der Waals surface area (Å²) in [6.45, 7) is 1.42. The number of ether oxygens (including phenoxy) is 1. The second kappa shape index (κ2) is 10.3. The molecule has 178 valence electrons. The summed E-state index contributed by atoms with van der Waals surface area (Å²) in [6, 6.07) is 12.2. The van der Waals surface area contributed by atoms with Gasteiger partial charge in [0.25, 0.3) is 11.8 Å². The Bertz CT molecular complexity index is 1300. The quantitative estimate of drug-likeness (QED) is 0.165. The fourth-order valence-electron chi connectivity index (χ4n) is 3.76. The Labute approximate surface area is 194 Å². The number of nitrogens with two attached hydrogens (primary N) is 2. The zero-order valence-corrected chi connectivity index (χ0v) is 18.4. The maximum atomic E-state index is 13.0. The van der Waals surface area contributed by atoms with Gasteiger partial charge in [-0.15, -0.1) is 0 Å². The lowest BCUT2D eigenvalue weighted by Gasteiger charge is -2.26. The van der Waals surface area contributed by atoms with Gasteiger partial charge in [-0.05, 0) is 42.8 Å². The average molecular weight is 467 g/mol. The number of carbonyl (C=O) groups excluding carboxylic acids is 2. The van der Waals surface area contributed by atoms with Crippen molar-refractivity contribution in [2.45, 2.75) is 13.0 Å². The van der Waals surface area contributed by atoms with E-state index in [1.807, 2.05) is 22.8 Å². The third-order valence-electron chi connectivity index (χ3n) is 5.40. The molecule has 34 heavy (non-hydrogen) atoms. The van der Waals surface area contributed by atoms with Crippen molar-refractivity contribution < 1.29 is 19.4 Å². The van der Waals surface area contributed by atoms with Crippen LogP contribution in [0.25, 0.3) is 11.0 Å². The number of benzene rings is 2. The van der Waals surface area contributed by atoms with Crippen molar-refractivity contribution in [1.82, 2.24) is 9.55 Å². The molecule has 6 N–H and O–H groups in total. The first-order valence-electron chi connectivity index (χ1n) is 10.7. The zero-order valence-electron chi connectivity index (χ0n) is 18.4. The third-order valence-corrected chi connectivity index (χ3v) is 5.40. The largest absolute Gasteiger partial charge is 0.396 e. The number of aryl methyl sites for hydroxylation is 1. The van der Waals surface area contributed by atoms with E-state index in [1.165, 1.54) is 11.3 Å². The van der Waals surface area contributed by atoms with E-state index < -0.39 is 5.91 Å². The van der Waals surface area contributed by atoms with Gasteiger partial charge in [-0.2, -0.15) is 10.1 Å². The van der Waals surface area contributed by atoms with Crippen molar-refractivity contribution in [1.29, 1.82) is 0 Å². The summed E-state index contributed by atoms with van der Waals surface area (Å²) in [5.74, 6) is 10.4. The number of aromatic amines is 1. The van der Waals surface area contributed by atoms with Gasteiger partial charge in [-0.3, -0.25) is 14.6 Å². The van der Waals surface area contributed by atoms with Crippen LogP contribution in [0, 0.1) is 0 Å². The maximum Gasteiger partial charge on any atom is 0.280 e. The minimum absolute atomic E-state index is 0.00943. The molecule has 0 saturated carbocycles. The van der Waals surface area contributed by atoms with Gasteiger partial charge >= 0.3 is 0 Å². The molecule has 1 aromatic heterocycles. The number of hydrazine groups is 1. The van der Waals surface area contributed by atoms with Crippen LogP contribution in [0.15, 0.2) is 52.6 Å². The minimum atomic E-state index is -0.479. The number of fused-ring (bicyclic) bond motifs is 1. The summed E-state index contributed by atoms with van der Waals surface area (Å²) >= 11 is 0. The molecule has 0 atom stereocenters. The molecule has 1 saturated heterocycles. The zero-order chi connectivity index (χ0) is 24.1. The number of imidazole rings is 1. The summed E-state index contributed by atoms with van der Waals surface area (Å²) in [4.78, 5) is 34.3. The molecule has 1 fully saturated rings. The Morgan fingerprint density at radius 1 is 1.29 bits per heavy atom. The smallest absolute Gasteiger partial charge is 0.280 e. The molecule has 2 aromatic carbocycles. The van der Waals surface area contributed by atoms with Crippen molar-refractivity contribution >= 4 is 40.6 Å². The second-order valence-corrected chi connectivity index (χ2v) is 7.62. The Balaban J connectivity index is 1.73. The van der Waals surface area contributed by atoms with E-state index >= 15 is 0 Å². The van der Waals surface area contributed by atoms with Crippen LogP contribution in [0.1, 0.15) is 16.8 Å². The predicted molar refractivity (Wildman–Crippen MR) is 127 cm³/mol. The Kier molecular flexibility index (Phi) is 7.01. The number of H-pyrrole nitrogens is 1. The first kappa shape index (κ1) is 23.2. The van der Waals surface area contributed by atoms with E-state index in [-0.39, 0.29) is 19.1 Å². The van der Waals surface area contributed by atoms with Crippen LogP contribution < -0.4 is 27.2 Å². The van der Waals surface area contributed by atoms with Gasteiger partial charge in [0.15, 0.2) is 0 Å². The van der Waals surface area contributed by atoms with Crippen LogP contribution >= 0.6 is 0 Å². The number of nitrogens with zero attached hydrogens (tertiary/aromatic N) is 5. The second-order valence-electron chi connectivity index (χ2n) is 7.62. The van der Waals surface area contributed by atoms with Crippen molar-refractivity contribution in [3.63, 3.8) is 0 Å². The fraction of sp³-hybridized carbons (Fsp3) is 0.273. The number of rotatable bonds is 7. The molecule has 0 spiro atoms. The van der Waals surface area contributed by atoms with Crippen LogP contribution in [0.4, 0.5) is 11.4 Å². The lowest BCUT2D eigenvalue weighted by molar-refractivity contribution is -0.125. The molecular formula is C22H26N8O4. The van der Waals surface area contributed by atoms with Crippen LogP contribution in [0.3, 0.4) is 0 Å². The topological polar surface area (TPSA) is 168 Å². The summed E-state index contributed by atoms with van der Waals surface area (Å²) in [6.07, 6.45) is 1.70. The normalized spacial score (nSPS) is 14.9. The molecule has 4 rings (SSSR count). The molecule has 12 nitrogen and oxygen atoms in total.